The van der Waals surface area contributed by atoms with Crippen LogP contribution >= 0.6 is 0 Å². The summed E-state index contributed by atoms with van der Waals surface area (Å²) in [6, 6.07) is 14.7. The van der Waals surface area contributed by atoms with E-state index in [1.807, 2.05) is 36.4 Å². The van der Waals surface area contributed by atoms with Crippen molar-refractivity contribution in [2.75, 3.05) is 36.4 Å². The molecule has 204 valence electrons. The normalized spacial score (nSPS) is 29.8. The van der Waals surface area contributed by atoms with Crippen LogP contribution < -0.4 is 10.2 Å². The van der Waals surface area contributed by atoms with E-state index in [9.17, 15) is 18.5 Å². The van der Waals surface area contributed by atoms with Crippen LogP contribution in [0, 0.1) is 33.3 Å². The second-order valence-electron chi connectivity index (χ2n) is 12.2. The molecule has 4 saturated carbocycles. The molecule has 4 aliphatic carbocycles. The molecule has 38 heavy (non-hydrogen) atoms. The van der Waals surface area contributed by atoms with Gasteiger partial charge < -0.3 is 10.2 Å². The number of rotatable bonds is 8. The van der Waals surface area contributed by atoms with Gasteiger partial charge in [0.25, 0.3) is 5.69 Å². The van der Waals surface area contributed by atoms with Crippen LogP contribution in [0.3, 0.4) is 0 Å². The summed E-state index contributed by atoms with van der Waals surface area (Å²) in [7, 11) is -3.40. The van der Waals surface area contributed by atoms with Crippen molar-refractivity contribution in [3.8, 4) is 0 Å². The van der Waals surface area contributed by atoms with E-state index in [4.69, 9.17) is 0 Å². The average Bonchev–Trinajstić information content (AvgIpc) is 2.88. The molecule has 9 heteroatoms. The highest BCUT2D eigenvalue weighted by atomic mass is 32.2. The Balaban J connectivity index is 1.16. The number of nitro groups is 1. The SMILES string of the molecule is C[C@@H](Nc1cc(N2CCN(S(=O)(=O)Cc3ccccc3)CC2)ccc1[N+](=O)[O-])C12CC3CC(CC(C3)C1)C2. The third-order valence-corrected chi connectivity index (χ3v) is 11.6. The van der Waals surface area contributed by atoms with Crippen LogP contribution in [-0.2, 0) is 15.8 Å². The van der Waals surface area contributed by atoms with Crippen molar-refractivity contribution in [2.24, 2.45) is 23.2 Å². The summed E-state index contributed by atoms with van der Waals surface area (Å²) >= 11 is 0. The number of nitro benzene ring substituents is 1. The highest BCUT2D eigenvalue weighted by Crippen LogP contribution is 2.61. The zero-order valence-corrected chi connectivity index (χ0v) is 22.9. The second-order valence-corrected chi connectivity index (χ2v) is 14.2. The molecule has 1 N–H and O–H groups in total. The predicted molar refractivity (Wildman–Crippen MR) is 150 cm³/mol. The van der Waals surface area contributed by atoms with Crippen LogP contribution in [0.15, 0.2) is 48.5 Å². The molecule has 0 amide bonds. The minimum absolute atomic E-state index is 0.00164. The van der Waals surface area contributed by atoms with Crippen LogP contribution in [0.1, 0.15) is 51.0 Å². The fourth-order valence-corrected chi connectivity index (χ4v) is 9.71. The summed E-state index contributed by atoms with van der Waals surface area (Å²) in [6.07, 6.45) is 7.82. The molecule has 1 saturated heterocycles. The summed E-state index contributed by atoms with van der Waals surface area (Å²) in [4.78, 5) is 13.8. The Morgan fingerprint density at radius 2 is 1.58 bits per heavy atom. The van der Waals surface area contributed by atoms with Gasteiger partial charge in [-0.05, 0) is 86.3 Å². The molecule has 1 aliphatic heterocycles. The molecule has 1 heterocycles. The van der Waals surface area contributed by atoms with Gasteiger partial charge in [0, 0.05) is 44.0 Å². The van der Waals surface area contributed by atoms with Gasteiger partial charge in [0.1, 0.15) is 5.69 Å². The van der Waals surface area contributed by atoms with E-state index in [0.717, 1.165) is 29.0 Å². The molecule has 5 fully saturated rings. The number of nitrogens with zero attached hydrogens (tertiary/aromatic N) is 3. The second kappa shape index (κ2) is 9.83. The Labute approximate surface area is 225 Å². The molecule has 5 aliphatic rings. The first kappa shape index (κ1) is 25.6. The summed E-state index contributed by atoms with van der Waals surface area (Å²) in [5.74, 6) is 2.46. The number of sulfonamides is 1. The van der Waals surface area contributed by atoms with Crippen LogP contribution in [0.4, 0.5) is 17.1 Å². The summed E-state index contributed by atoms with van der Waals surface area (Å²) < 4.78 is 27.5. The zero-order valence-electron chi connectivity index (χ0n) is 22.1. The third-order valence-electron chi connectivity index (χ3n) is 9.74. The fraction of sp³-hybridized carbons (Fsp3) is 0.586. The lowest BCUT2D eigenvalue weighted by Gasteiger charge is -2.59. The molecular weight excluding hydrogens is 500 g/mol. The maximum Gasteiger partial charge on any atom is 0.292 e. The Morgan fingerprint density at radius 1 is 0.974 bits per heavy atom. The highest BCUT2D eigenvalue weighted by Gasteiger charge is 2.53. The van der Waals surface area contributed by atoms with Crippen molar-refractivity contribution in [3.05, 3.63) is 64.2 Å². The van der Waals surface area contributed by atoms with Gasteiger partial charge in [-0.15, -0.1) is 0 Å². The van der Waals surface area contributed by atoms with Crippen LogP contribution in [-0.4, -0.2) is 49.9 Å². The van der Waals surface area contributed by atoms with Crippen molar-refractivity contribution >= 4 is 27.1 Å². The van der Waals surface area contributed by atoms with Gasteiger partial charge in [-0.25, -0.2) is 8.42 Å². The van der Waals surface area contributed by atoms with Gasteiger partial charge in [-0.2, -0.15) is 4.31 Å². The Kier molecular flexibility index (Phi) is 6.63. The summed E-state index contributed by atoms with van der Waals surface area (Å²) in [6.45, 7) is 4.13. The molecule has 0 unspecified atom stereocenters. The summed E-state index contributed by atoms with van der Waals surface area (Å²) in [5.41, 5.74) is 2.60. The van der Waals surface area contributed by atoms with Gasteiger partial charge in [0.2, 0.25) is 10.0 Å². The minimum atomic E-state index is -3.40. The number of hydrogen-bond donors (Lipinski definition) is 1. The van der Waals surface area contributed by atoms with E-state index in [-0.39, 0.29) is 27.8 Å². The monoisotopic (exact) mass is 538 g/mol. The smallest absolute Gasteiger partial charge is 0.292 e. The quantitative estimate of drug-likeness (QED) is 0.364. The summed E-state index contributed by atoms with van der Waals surface area (Å²) in [5, 5.41) is 15.5. The number of hydrogen-bond acceptors (Lipinski definition) is 6. The fourth-order valence-electron chi connectivity index (χ4n) is 8.19. The Morgan fingerprint density at radius 3 is 2.16 bits per heavy atom. The molecule has 0 spiro atoms. The number of piperazine rings is 1. The van der Waals surface area contributed by atoms with Crippen LogP contribution in [0.25, 0.3) is 0 Å². The van der Waals surface area contributed by atoms with Gasteiger partial charge >= 0.3 is 0 Å². The lowest BCUT2D eigenvalue weighted by Crippen LogP contribution is -2.53. The maximum atomic E-state index is 13.0. The zero-order chi connectivity index (χ0) is 26.5. The molecule has 2 aromatic carbocycles. The highest BCUT2D eigenvalue weighted by molar-refractivity contribution is 7.88. The van der Waals surface area contributed by atoms with Crippen molar-refractivity contribution in [3.63, 3.8) is 0 Å². The Bertz CT molecular complexity index is 1260. The van der Waals surface area contributed by atoms with Gasteiger partial charge in [-0.1, -0.05) is 30.3 Å². The molecule has 4 bridgehead atoms. The third kappa shape index (κ3) is 4.91. The van der Waals surface area contributed by atoms with E-state index in [2.05, 4.69) is 17.1 Å². The molecule has 7 rings (SSSR count). The Hall–Kier alpha value is -2.65. The van der Waals surface area contributed by atoms with E-state index in [1.54, 1.807) is 16.4 Å². The van der Waals surface area contributed by atoms with E-state index < -0.39 is 10.0 Å². The van der Waals surface area contributed by atoms with Crippen molar-refractivity contribution in [2.45, 2.75) is 57.2 Å². The van der Waals surface area contributed by atoms with Crippen molar-refractivity contribution < 1.29 is 13.3 Å². The minimum Gasteiger partial charge on any atom is -0.376 e. The van der Waals surface area contributed by atoms with E-state index in [0.29, 0.717) is 31.9 Å². The molecule has 0 aromatic heterocycles. The first-order valence-corrected chi connectivity index (χ1v) is 15.6. The number of benzene rings is 2. The lowest BCUT2D eigenvalue weighted by molar-refractivity contribution is -0.384. The predicted octanol–water partition coefficient (Wildman–Crippen LogP) is 5.26. The molecular formula is C29H38N4O4S. The molecule has 8 nitrogen and oxygen atoms in total. The first-order chi connectivity index (χ1) is 18.2. The largest absolute Gasteiger partial charge is 0.376 e. The van der Waals surface area contributed by atoms with Gasteiger partial charge in [0.15, 0.2) is 0 Å². The van der Waals surface area contributed by atoms with E-state index in [1.165, 1.54) is 38.5 Å². The molecule has 1 atom stereocenters. The van der Waals surface area contributed by atoms with Crippen LogP contribution in [0.2, 0.25) is 0 Å². The van der Waals surface area contributed by atoms with Gasteiger partial charge in [-0.3, -0.25) is 10.1 Å². The molecule has 2 aromatic rings. The van der Waals surface area contributed by atoms with Crippen LogP contribution in [0.5, 0.6) is 0 Å². The standard InChI is InChI=1S/C29H38N4O4S/c1-21(29-17-23-13-24(18-29)15-25(14-23)19-29)30-27-16-26(7-8-28(27)33(34)35)31-9-11-32(12-10-31)38(36,37)20-22-5-3-2-4-6-22/h2-8,16,21,23-25,30H,9-15,17-20H2,1H3/t21-,23?,24?,25?,29?/m1/s1. The topological polar surface area (TPSA) is 95.8 Å². The number of anilines is 2. The lowest BCUT2D eigenvalue weighted by atomic mass is 9.48. The average molecular weight is 539 g/mol. The number of nitrogens with one attached hydrogen (secondary N) is 1. The maximum absolute atomic E-state index is 13.0. The first-order valence-electron chi connectivity index (χ1n) is 14.0. The van der Waals surface area contributed by atoms with Gasteiger partial charge in [0.05, 0.1) is 10.7 Å². The van der Waals surface area contributed by atoms with Crippen molar-refractivity contribution in [1.29, 1.82) is 0 Å². The van der Waals surface area contributed by atoms with Crippen molar-refractivity contribution in [1.82, 2.24) is 4.31 Å². The van der Waals surface area contributed by atoms with E-state index >= 15 is 0 Å². The molecule has 0 radical (unpaired) electrons.